The SMILES string of the molecule is O=C(COc1ccc(-c2nc3ccccc3o2)cc1)N=Nc1c(O)[nH]c2ccccc12. The monoisotopic (exact) mass is 412 g/mol. The fraction of sp³-hybridized carbons (Fsp3) is 0.0435. The Morgan fingerprint density at radius 1 is 1.03 bits per heavy atom. The van der Waals surface area contributed by atoms with Gasteiger partial charge < -0.3 is 19.2 Å². The lowest BCUT2D eigenvalue weighted by atomic mass is 10.2. The molecule has 0 saturated carbocycles. The number of nitrogens with zero attached hydrogens (tertiary/aromatic N) is 3. The van der Waals surface area contributed by atoms with E-state index >= 15 is 0 Å². The molecule has 0 spiro atoms. The first kappa shape index (κ1) is 18.6. The summed E-state index contributed by atoms with van der Waals surface area (Å²) in [5.74, 6) is 0.288. The zero-order valence-electron chi connectivity index (χ0n) is 16.1. The smallest absolute Gasteiger partial charge is 0.302 e. The molecule has 0 aliphatic carbocycles. The maximum Gasteiger partial charge on any atom is 0.302 e. The fourth-order valence-corrected chi connectivity index (χ4v) is 3.18. The summed E-state index contributed by atoms with van der Waals surface area (Å²) >= 11 is 0. The van der Waals surface area contributed by atoms with Crippen molar-refractivity contribution >= 4 is 33.6 Å². The second-order valence-electron chi connectivity index (χ2n) is 6.76. The average molecular weight is 412 g/mol. The molecular weight excluding hydrogens is 396 g/mol. The Morgan fingerprint density at radius 2 is 1.81 bits per heavy atom. The number of aromatic hydroxyl groups is 1. The molecule has 0 unspecified atom stereocenters. The van der Waals surface area contributed by atoms with Gasteiger partial charge in [0.2, 0.25) is 11.8 Å². The molecule has 0 atom stereocenters. The Labute approximate surface area is 175 Å². The largest absolute Gasteiger partial charge is 0.493 e. The van der Waals surface area contributed by atoms with Crippen LogP contribution in [-0.2, 0) is 4.79 Å². The summed E-state index contributed by atoms with van der Waals surface area (Å²) in [5.41, 5.74) is 3.22. The van der Waals surface area contributed by atoms with Gasteiger partial charge in [0.1, 0.15) is 11.3 Å². The molecule has 0 bridgehead atoms. The van der Waals surface area contributed by atoms with Crippen molar-refractivity contribution in [2.24, 2.45) is 10.2 Å². The van der Waals surface area contributed by atoms with E-state index in [1.54, 1.807) is 36.4 Å². The normalized spacial score (nSPS) is 11.5. The number of oxazole rings is 1. The van der Waals surface area contributed by atoms with Gasteiger partial charge in [-0.15, -0.1) is 10.2 Å². The van der Waals surface area contributed by atoms with Crippen LogP contribution in [0.3, 0.4) is 0 Å². The van der Waals surface area contributed by atoms with Crippen molar-refractivity contribution in [3.8, 4) is 23.1 Å². The zero-order valence-corrected chi connectivity index (χ0v) is 16.1. The predicted octanol–water partition coefficient (Wildman–Crippen LogP) is 5.37. The van der Waals surface area contributed by atoms with E-state index in [9.17, 15) is 9.90 Å². The van der Waals surface area contributed by atoms with E-state index in [1.807, 2.05) is 36.4 Å². The van der Waals surface area contributed by atoms with Gasteiger partial charge in [0.15, 0.2) is 17.9 Å². The third-order valence-corrected chi connectivity index (χ3v) is 4.68. The van der Waals surface area contributed by atoms with Crippen LogP contribution in [0.5, 0.6) is 11.6 Å². The van der Waals surface area contributed by atoms with E-state index in [1.165, 1.54) is 0 Å². The molecule has 0 aliphatic heterocycles. The number of benzene rings is 3. The molecule has 8 heteroatoms. The van der Waals surface area contributed by atoms with E-state index in [0.717, 1.165) is 16.7 Å². The third-order valence-electron chi connectivity index (χ3n) is 4.68. The van der Waals surface area contributed by atoms with E-state index in [0.29, 0.717) is 22.5 Å². The number of hydrogen-bond donors (Lipinski definition) is 2. The standard InChI is InChI=1S/C23H16N4O4/c28-20(26-27-21-16-5-1-2-6-17(16)24-22(21)29)13-30-15-11-9-14(10-12-15)23-25-18-7-3-4-8-19(18)31-23/h1-12,24,29H,13H2. The molecule has 8 nitrogen and oxygen atoms in total. The first-order chi connectivity index (χ1) is 15.2. The maximum atomic E-state index is 12.0. The Kier molecular flexibility index (Phi) is 4.64. The van der Waals surface area contributed by atoms with Gasteiger partial charge >= 0.3 is 5.91 Å². The molecule has 5 aromatic rings. The van der Waals surface area contributed by atoms with E-state index in [2.05, 4.69) is 20.2 Å². The molecule has 1 amide bonds. The number of carbonyl (C=O) groups is 1. The summed E-state index contributed by atoms with van der Waals surface area (Å²) in [6.07, 6.45) is 0. The molecule has 5 rings (SSSR count). The number of H-pyrrole nitrogens is 1. The predicted molar refractivity (Wildman–Crippen MR) is 114 cm³/mol. The van der Waals surface area contributed by atoms with Crippen LogP contribution >= 0.6 is 0 Å². The van der Waals surface area contributed by atoms with Crippen molar-refractivity contribution in [3.05, 3.63) is 72.8 Å². The second-order valence-corrected chi connectivity index (χ2v) is 6.76. The maximum absolute atomic E-state index is 12.0. The molecule has 2 aromatic heterocycles. The van der Waals surface area contributed by atoms with Gasteiger partial charge in [-0.3, -0.25) is 4.79 Å². The summed E-state index contributed by atoms with van der Waals surface area (Å²) < 4.78 is 11.2. The highest BCUT2D eigenvalue weighted by Gasteiger charge is 2.11. The van der Waals surface area contributed by atoms with Crippen LogP contribution in [0.4, 0.5) is 5.69 Å². The minimum Gasteiger partial charge on any atom is -0.493 e. The van der Waals surface area contributed by atoms with Gasteiger partial charge in [-0.2, -0.15) is 0 Å². The van der Waals surface area contributed by atoms with Gasteiger partial charge in [-0.05, 0) is 42.5 Å². The van der Waals surface area contributed by atoms with Crippen molar-refractivity contribution in [2.75, 3.05) is 6.61 Å². The lowest BCUT2D eigenvalue weighted by molar-refractivity contribution is -0.120. The van der Waals surface area contributed by atoms with Crippen molar-refractivity contribution in [1.29, 1.82) is 0 Å². The van der Waals surface area contributed by atoms with Crippen LogP contribution in [-0.4, -0.2) is 27.6 Å². The molecule has 2 N–H and O–H groups in total. The van der Waals surface area contributed by atoms with E-state index in [-0.39, 0.29) is 18.2 Å². The van der Waals surface area contributed by atoms with Crippen LogP contribution in [0.2, 0.25) is 0 Å². The fourth-order valence-electron chi connectivity index (χ4n) is 3.18. The van der Waals surface area contributed by atoms with Crippen LogP contribution in [0.25, 0.3) is 33.5 Å². The molecule has 0 aliphatic rings. The van der Waals surface area contributed by atoms with E-state index in [4.69, 9.17) is 9.15 Å². The number of aromatic nitrogens is 2. The zero-order chi connectivity index (χ0) is 21.2. The minimum atomic E-state index is -0.576. The Bertz CT molecular complexity index is 1380. The summed E-state index contributed by atoms with van der Waals surface area (Å²) in [6.45, 7) is -0.283. The minimum absolute atomic E-state index is 0.145. The highest BCUT2D eigenvalue weighted by molar-refractivity contribution is 5.94. The van der Waals surface area contributed by atoms with Crippen molar-refractivity contribution in [1.82, 2.24) is 9.97 Å². The number of rotatable bonds is 5. The van der Waals surface area contributed by atoms with Gasteiger partial charge in [-0.25, -0.2) is 4.98 Å². The summed E-state index contributed by atoms with van der Waals surface area (Å²) in [4.78, 5) is 19.3. The molecule has 3 aromatic carbocycles. The number of carbonyl (C=O) groups excluding carboxylic acids is 1. The van der Waals surface area contributed by atoms with Crippen molar-refractivity contribution in [3.63, 3.8) is 0 Å². The highest BCUT2D eigenvalue weighted by Crippen LogP contribution is 2.35. The summed E-state index contributed by atoms with van der Waals surface area (Å²) in [5, 5.41) is 18.1. The number of hydrogen-bond acceptors (Lipinski definition) is 6. The third kappa shape index (κ3) is 3.74. The van der Waals surface area contributed by atoms with Gasteiger partial charge in [0, 0.05) is 10.9 Å². The molecule has 31 heavy (non-hydrogen) atoms. The number of fused-ring (bicyclic) bond motifs is 2. The number of azo groups is 1. The lowest BCUT2D eigenvalue weighted by Gasteiger charge is -2.03. The molecule has 0 fully saturated rings. The van der Waals surface area contributed by atoms with Crippen LogP contribution in [0, 0.1) is 0 Å². The number of ether oxygens (including phenoxy) is 1. The molecular formula is C23H16N4O4. The molecule has 0 saturated heterocycles. The molecule has 2 heterocycles. The number of nitrogens with one attached hydrogen (secondary N) is 1. The van der Waals surface area contributed by atoms with Crippen molar-refractivity contribution in [2.45, 2.75) is 0 Å². The van der Waals surface area contributed by atoms with Crippen LogP contribution in [0.1, 0.15) is 0 Å². The first-order valence-electron chi connectivity index (χ1n) is 9.50. The van der Waals surface area contributed by atoms with Gasteiger partial charge in [0.05, 0.1) is 5.52 Å². The van der Waals surface area contributed by atoms with Gasteiger partial charge in [-0.1, -0.05) is 30.3 Å². The Hall–Kier alpha value is -4.46. The molecule has 152 valence electrons. The first-order valence-corrected chi connectivity index (χ1v) is 9.50. The average Bonchev–Trinajstić information content (AvgIpc) is 3.37. The van der Waals surface area contributed by atoms with Crippen LogP contribution < -0.4 is 4.74 Å². The summed E-state index contributed by atoms with van der Waals surface area (Å²) in [7, 11) is 0. The molecule has 0 radical (unpaired) electrons. The quantitative estimate of drug-likeness (QED) is 0.377. The van der Waals surface area contributed by atoms with Gasteiger partial charge in [0.25, 0.3) is 0 Å². The number of para-hydroxylation sites is 3. The second kappa shape index (κ2) is 7.75. The van der Waals surface area contributed by atoms with Crippen LogP contribution in [0.15, 0.2) is 87.4 Å². The number of amides is 1. The summed E-state index contributed by atoms with van der Waals surface area (Å²) in [6, 6.07) is 21.8. The highest BCUT2D eigenvalue weighted by atomic mass is 16.5. The number of aromatic amines is 1. The van der Waals surface area contributed by atoms with E-state index < -0.39 is 5.91 Å². The lowest BCUT2D eigenvalue weighted by Crippen LogP contribution is -2.07. The Morgan fingerprint density at radius 3 is 2.65 bits per heavy atom. The Balaban J connectivity index is 1.24. The topological polar surface area (TPSA) is 113 Å². The van der Waals surface area contributed by atoms with Crippen molar-refractivity contribution < 1.29 is 19.1 Å².